The van der Waals surface area contributed by atoms with Crippen molar-refractivity contribution in [2.45, 2.75) is 51.4 Å². The molecule has 2 aliphatic carbocycles. The van der Waals surface area contributed by atoms with Gasteiger partial charge in [0, 0.05) is 11.1 Å². The van der Waals surface area contributed by atoms with Crippen molar-refractivity contribution in [3.63, 3.8) is 0 Å². The van der Waals surface area contributed by atoms with Gasteiger partial charge in [0.05, 0.1) is 0 Å². The lowest BCUT2D eigenvalue weighted by Crippen LogP contribution is -2.30. The molecule has 2 fully saturated rings. The topological polar surface area (TPSA) is 9.23 Å². The lowest BCUT2D eigenvalue weighted by atomic mass is 9.64. The molecule has 32 heavy (non-hydrogen) atoms. The summed E-state index contributed by atoms with van der Waals surface area (Å²) in [5, 5.41) is 0. The minimum absolute atomic E-state index is 0.227. The molecule has 4 rings (SSSR count). The molecular weight excluding hydrogens is 395 g/mol. The van der Waals surface area contributed by atoms with Gasteiger partial charge in [-0.15, -0.1) is 0 Å². The molecule has 2 aromatic carbocycles. The van der Waals surface area contributed by atoms with Crippen LogP contribution in [0.2, 0.25) is 0 Å². The van der Waals surface area contributed by atoms with Crippen molar-refractivity contribution in [3.05, 3.63) is 89.8 Å². The Morgan fingerprint density at radius 3 is 2.44 bits per heavy atom. The predicted octanol–water partition coefficient (Wildman–Crippen LogP) is 7.67. The minimum Gasteiger partial charge on any atom is -0.486 e. The van der Waals surface area contributed by atoms with E-state index in [0.29, 0.717) is 11.5 Å². The summed E-state index contributed by atoms with van der Waals surface area (Å²) in [6.45, 7) is 6.01. The molecule has 0 heterocycles. The highest BCUT2D eigenvalue weighted by atomic mass is 19.1. The number of fused-ring (bicyclic) bond motifs is 1. The second-order valence-corrected chi connectivity index (χ2v) is 9.25. The highest BCUT2D eigenvalue weighted by molar-refractivity contribution is 5.45. The molecule has 0 aromatic heterocycles. The molecule has 0 saturated heterocycles. The SMILES string of the molecule is C=CCOc1ccc(C#Cc2ccc(C3CCC4CC(/C=C/C)CCC4C3)cc2)cc1F. The summed E-state index contributed by atoms with van der Waals surface area (Å²) < 4.78 is 19.4. The minimum atomic E-state index is -0.399. The van der Waals surface area contributed by atoms with Gasteiger partial charge in [0.1, 0.15) is 6.61 Å². The average molecular weight is 429 g/mol. The fraction of sp³-hybridized carbons (Fsp3) is 0.400. The molecular formula is C30H33FO. The number of halogens is 1. The maximum atomic E-state index is 14.1. The summed E-state index contributed by atoms with van der Waals surface area (Å²) in [6, 6.07) is 13.5. The molecule has 2 heteroatoms. The molecule has 2 aliphatic rings. The predicted molar refractivity (Wildman–Crippen MR) is 130 cm³/mol. The number of allylic oxidation sites excluding steroid dienone is 2. The standard InChI is InChI=1S/C30H33FO/c1-3-5-23-10-14-28-21-27(16-15-26(28)19-23)25-12-8-22(9-13-25)6-7-24-11-17-30(29(31)20-24)32-18-4-2/h3-5,8-9,11-13,17,20,23,26-28H,2,10,14-16,18-19,21H2,1H3/b5-3+. The first-order valence-corrected chi connectivity index (χ1v) is 11.9. The van der Waals surface area contributed by atoms with Gasteiger partial charge in [-0.3, -0.25) is 0 Å². The van der Waals surface area contributed by atoms with Crippen molar-refractivity contribution in [1.82, 2.24) is 0 Å². The Morgan fingerprint density at radius 1 is 0.969 bits per heavy atom. The first-order chi connectivity index (χ1) is 15.7. The summed E-state index contributed by atoms with van der Waals surface area (Å²) in [5.41, 5.74) is 3.05. The molecule has 2 saturated carbocycles. The molecule has 166 valence electrons. The van der Waals surface area contributed by atoms with Crippen molar-refractivity contribution in [1.29, 1.82) is 0 Å². The van der Waals surface area contributed by atoms with Crippen LogP contribution in [0.5, 0.6) is 5.75 Å². The molecule has 0 spiro atoms. The third kappa shape index (κ3) is 5.52. The van der Waals surface area contributed by atoms with Gasteiger partial charge in [-0.2, -0.15) is 0 Å². The van der Waals surface area contributed by atoms with E-state index in [4.69, 9.17) is 4.74 Å². The van der Waals surface area contributed by atoms with E-state index in [9.17, 15) is 4.39 Å². The van der Waals surface area contributed by atoms with Crippen molar-refractivity contribution >= 4 is 0 Å². The highest BCUT2D eigenvalue weighted by Crippen LogP contribution is 2.47. The number of rotatable bonds is 5. The maximum absolute atomic E-state index is 14.1. The Hall–Kier alpha value is -2.79. The third-order valence-corrected chi connectivity index (χ3v) is 7.14. The van der Waals surface area contributed by atoms with Crippen molar-refractivity contribution in [3.8, 4) is 17.6 Å². The molecule has 1 nitrogen and oxygen atoms in total. The van der Waals surface area contributed by atoms with E-state index < -0.39 is 5.82 Å². The highest BCUT2D eigenvalue weighted by Gasteiger charge is 2.35. The van der Waals surface area contributed by atoms with Gasteiger partial charge in [-0.05, 0) is 105 Å². The molecule has 4 atom stereocenters. The molecule has 0 bridgehead atoms. The van der Waals surface area contributed by atoms with E-state index in [2.05, 4.69) is 61.8 Å². The summed E-state index contributed by atoms with van der Waals surface area (Å²) >= 11 is 0. The van der Waals surface area contributed by atoms with Crippen LogP contribution in [-0.2, 0) is 0 Å². The first-order valence-electron chi connectivity index (χ1n) is 11.9. The van der Waals surface area contributed by atoms with Crippen LogP contribution in [-0.4, -0.2) is 6.61 Å². The van der Waals surface area contributed by atoms with Crippen molar-refractivity contribution in [2.24, 2.45) is 17.8 Å². The van der Waals surface area contributed by atoms with Crippen LogP contribution in [0.3, 0.4) is 0 Å². The van der Waals surface area contributed by atoms with Gasteiger partial charge >= 0.3 is 0 Å². The summed E-state index contributed by atoms with van der Waals surface area (Å²) in [7, 11) is 0. The fourth-order valence-electron chi connectivity index (χ4n) is 5.50. The number of hydrogen-bond donors (Lipinski definition) is 0. The molecule has 0 N–H and O–H groups in total. The molecule has 0 aliphatic heterocycles. The van der Waals surface area contributed by atoms with Crippen molar-refractivity contribution < 1.29 is 9.13 Å². The van der Waals surface area contributed by atoms with Crippen LogP contribution >= 0.6 is 0 Å². The molecule has 4 unspecified atom stereocenters. The lowest BCUT2D eigenvalue weighted by molar-refractivity contribution is 0.133. The lowest BCUT2D eigenvalue weighted by Gasteiger charge is -2.41. The maximum Gasteiger partial charge on any atom is 0.166 e. The Labute approximate surface area is 192 Å². The third-order valence-electron chi connectivity index (χ3n) is 7.14. The number of ether oxygens (including phenoxy) is 1. The van der Waals surface area contributed by atoms with E-state index in [-0.39, 0.29) is 12.4 Å². The first kappa shape index (κ1) is 22.4. The largest absolute Gasteiger partial charge is 0.486 e. The van der Waals surface area contributed by atoms with Gasteiger partial charge in [-0.25, -0.2) is 4.39 Å². The van der Waals surface area contributed by atoms with E-state index in [1.807, 2.05) is 0 Å². The summed E-state index contributed by atoms with van der Waals surface area (Å²) in [6.07, 6.45) is 14.4. The Bertz CT molecular complexity index is 1010. The summed E-state index contributed by atoms with van der Waals surface area (Å²) in [5.74, 6) is 9.34. The van der Waals surface area contributed by atoms with Crippen LogP contribution in [0.1, 0.15) is 68.1 Å². The van der Waals surface area contributed by atoms with Crippen LogP contribution in [0, 0.1) is 35.4 Å². The van der Waals surface area contributed by atoms with Crippen LogP contribution in [0.4, 0.5) is 4.39 Å². The van der Waals surface area contributed by atoms with Gasteiger partial charge < -0.3 is 4.74 Å². The van der Waals surface area contributed by atoms with Gasteiger partial charge in [0.25, 0.3) is 0 Å². The van der Waals surface area contributed by atoms with Gasteiger partial charge in [-0.1, -0.05) is 48.8 Å². The normalized spacial score (nSPS) is 24.9. The zero-order chi connectivity index (χ0) is 22.3. The Kier molecular flexibility index (Phi) is 7.48. The van der Waals surface area contributed by atoms with E-state index in [1.54, 1.807) is 18.2 Å². The fourth-order valence-corrected chi connectivity index (χ4v) is 5.50. The quantitative estimate of drug-likeness (QED) is 0.351. The summed E-state index contributed by atoms with van der Waals surface area (Å²) in [4.78, 5) is 0. The van der Waals surface area contributed by atoms with Crippen LogP contribution < -0.4 is 4.74 Å². The van der Waals surface area contributed by atoms with Crippen LogP contribution in [0.25, 0.3) is 0 Å². The number of benzene rings is 2. The second-order valence-electron chi connectivity index (χ2n) is 9.25. The van der Waals surface area contributed by atoms with E-state index in [0.717, 1.165) is 23.3 Å². The van der Waals surface area contributed by atoms with Crippen LogP contribution in [0.15, 0.2) is 67.3 Å². The number of hydrogen-bond acceptors (Lipinski definition) is 1. The van der Waals surface area contributed by atoms with E-state index in [1.165, 1.54) is 50.2 Å². The molecule has 0 amide bonds. The zero-order valence-corrected chi connectivity index (χ0v) is 19.0. The van der Waals surface area contributed by atoms with Gasteiger partial charge in [0.15, 0.2) is 11.6 Å². The average Bonchev–Trinajstić information content (AvgIpc) is 2.82. The smallest absolute Gasteiger partial charge is 0.166 e. The van der Waals surface area contributed by atoms with Gasteiger partial charge in [0.2, 0.25) is 0 Å². The van der Waals surface area contributed by atoms with E-state index >= 15 is 0 Å². The molecule has 2 aromatic rings. The Morgan fingerprint density at radius 2 is 1.69 bits per heavy atom. The van der Waals surface area contributed by atoms with Crippen molar-refractivity contribution in [2.75, 3.05) is 6.61 Å². The zero-order valence-electron chi connectivity index (χ0n) is 19.0. The second kappa shape index (κ2) is 10.7. The Balaban J connectivity index is 1.36. The molecule has 0 radical (unpaired) electrons. The monoisotopic (exact) mass is 428 g/mol.